The third-order valence-corrected chi connectivity index (χ3v) is 7.70. The van der Waals surface area contributed by atoms with Crippen molar-refractivity contribution in [2.75, 3.05) is 19.6 Å². The van der Waals surface area contributed by atoms with E-state index in [1.54, 1.807) is 47.4 Å². The number of fused-ring (bicyclic) bond motifs is 1. The van der Waals surface area contributed by atoms with E-state index in [1.165, 1.54) is 0 Å². The number of sulfonamides is 1. The number of furan rings is 1. The second-order valence-corrected chi connectivity index (χ2v) is 11.6. The molecule has 0 aliphatic carbocycles. The third-order valence-electron chi connectivity index (χ3n) is 5.75. The van der Waals surface area contributed by atoms with Gasteiger partial charge in [-0.1, -0.05) is 27.7 Å². The zero-order valence-electron chi connectivity index (χ0n) is 20.7. The summed E-state index contributed by atoms with van der Waals surface area (Å²) in [6.45, 7) is 16.4. The van der Waals surface area contributed by atoms with Crippen LogP contribution >= 0.6 is 0 Å². The number of hydrogen-bond donors (Lipinski definition) is 0. The largest absolute Gasteiger partial charge is 0.464 e. The number of rotatable bonds is 12. The lowest BCUT2D eigenvalue weighted by Crippen LogP contribution is -2.46. The summed E-state index contributed by atoms with van der Waals surface area (Å²) >= 11 is 0. The highest BCUT2D eigenvalue weighted by molar-refractivity contribution is 7.89. The van der Waals surface area contributed by atoms with Crippen molar-refractivity contribution in [3.63, 3.8) is 0 Å². The molecule has 0 aliphatic heterocycles. The maximum atomic E-state index is 13.9. The molecular formula is C25H38N4O3S. The zero-order valence-corrected chi connectivity index (χ0v) is 21.5. The summed E-state index contributed by atoms with van der Waals surface area (Å²) in [5.41, 5.74) is 1.56. The zero-order chi connectivity index (χ0) is 24.2. The van der Waals surface area contributed by atoms with Gasteiger partial charge in [0.05, 0.1) is 29.7 Å². The minimum absolute atomic E-state index is 0.215. The van der Waals surface area contributed by atoms with Crippen LogP contribution < -0.4 is 0 Å². The molecule has 33 heavy (non-hydrogen) atoms. The Kier molecular flexibility index (Phi) is 8.37. The number of aromatic nitrogens is 2. The van der Waals surface area contributed by atoms with Crippen molar-refractivity contribution < 1.29 is 12.8 Å². The first kappa shape index (κ1) is 25.5. The van der Waals surface area contributed by atoms with E-state index in [0.717, 1.165) is 30.7 Å². The molecule has 0 saturated heterocycles. The summed E-state index contributed by atoms with van der Waals surface area (Å²) in [5.74, 6) is 1.01. The number of hydrogen-bond acceptors (Lipinski definition) is 5. The summed E-state index contributed by atoms with van der Waals surface area (Å²) in [7, 11) is -3.75. The van der Waals surface area contributed by atoms with Crippen LogP contribution in [0.4, 0.5) is 0 Å². The normalized spacial score (nSPS) is 13.8. The summed E-state index contributed by atoms with van der Waals surface area (Å²) in [5, 5.41) is 0.781. The molecule has 3 rings (SSSR count). The molecule has 8 heteroatoms. The van der Waals surface area contributed by atoms with E-state index < -0.39 is 10.0 Å². The van der Waals surface area contributed by atoms with Gasteiger partial charge in [0.2, 0.25) is 10.0 Å². The lowest BCUT2D eigenvalue weighted by atomic mass is 10.1. The first-order valence-corrected chi connectivity index (χ1v) is 13.3. The smallest absolute Gasteiger partial charge is 0.243 e. The molecule has 0 amide bonds. The van der Waals surface area contributed by atoms with E-state index in [9.17, 15) is 8.42 Å². The Balaban J connectivity index is 1.97. The molecule has 0 spiro atoms. The second kappa shape index (κ2) is 10.8. The molecule has 7 nitrogen and oxygen atoms in total. The quantitative estimate of drug-likeness (QED) is 0.375. The molecule has 0 fully saturated rings. The molecule has 0 saturated carbocycles. The van der Waals surface area contributed by atoms with Crippen molar-refractivity contribution in [1.82, 2.24) is 18.8 Å². The van der Waals surface area contributed by atoms with Crippen LogP contribution in [0.5, 0.6) is 0 Å². The summed E-state index contributed by atoms with van der Waals surface area (Å²) in [6, 6.07) is 6.64. The first-order chi connectivity index (χ1) is 15.6. The molecule has 0 unspecified atom stereocenters. The van der Waals surface area contributed by atoms with Crippen LogP contribution in [0.2, 0.25) is 0 Å². The van der Waals surface area contributed by atoms with Gasteiger partial charge in [-0.15, -0.1) is 0 Å². The predicted octanol–water partition coefficient (Wildman–Crippen LogP) is 4.84. The van der Waals surface area contributed by atoms with Gasteiger partial charge in [-0.3, -0.25) is 0 Å². The van der Waals surface area contributed by atoms with Crippen LogP contribution in [0.1, 0.15) is 47.2 Å². The Morgan fingerprint density at radius 1 is 1.03 bits per heavy atom. The SMILES string of the molecule is CCn1cncc1CN([C@@H](C)CN(CC(C)C)CC(C)C)S(=O)(=O)c1ccc2occc2c1. The molecular weight excluding hydrogens is 436 g/mol. The van der Waals surface area contributed by atoms with E-state index >= 15 is 0 Å². The minimum Gasteiger partial charge on any atom is -0.464 e. The molecule has 0 N–H and O–H groups in total. The molecule has 0 radical (unpaired) electrons. The van der Waals surface area contributed by atoms with Crippen LogP contribution in [-0.2, 0) is 23.1 Å². The average molecular weight is 475 g/mol. The van der Waals surface area contributed by atoms with Gasteiger partial charge in [0.1, 0.15) is 5.58 Å². The second-order valence-electron chi connectivity index (χ2n) is 9.70. The number of benzene rings is 1. The average Bonchev–Trinajstić information content (AvgIpc) is 3.38. The van der Waals surface area contributed by atoms with Gasteiger partial charge in [0.25, 0.3) is 0 Å². The summed E-state index contributed by atoms with van der Waals surface area (Å²) in [4.78, 5) is 6.92. The first-order valence-electron chi connectivity index (χ1n) is 11.8. The maximum absolute atomic E-state index is 13.9. The van der Waals surface area contributed by atoms with Crippen molar-refractivity contribution in [2.24, 2.45) is 11.8 Å². The Bertz CT molecular complexity index is 1120. The molecule has 2 aromatic heterocycles. The highest BCUT2D eigenvalue weighted by Gasteiger charge is 2.31. The molecule has 0 aliphatic rings. The van der Waals surface area contributed by atoms with Gasteiger partial charge in [-0.2, -0.15) is 4.31 Å². The Labute approximate surface area is 198 Å². The van der Waals surface area contributed by atoms with Crippen LogP contribution in [0, 0.1) is 11.8 Å². The van der Waals surface area contributed by atoms with Crippen molar-refractivity contribution in [3.8, 4) is 0 Å². The minimum atomic E-state index is -3.75. The van der Waals surface area contributed by atoms with Crippen molar-refractivity contribution in [3.05, 3.63) is 48.7 Å². The van der Waals surface area contributed by atoms with Crippen LogP contribution in [-0.4, -0.2) is 52.9 Å². The fourth-order valence-corrected chi connectivity index (χ4v) is 5.99. The number of aryl methyl sites for hydroxylation is 1. The molecule has 2 heterocycles. The van der Waals surface area contributed by atoms with E-state index in [2.05, 4.69) is 37.6 Å². The van der Waals surface area contributed by atoms with E-state index in [4.69, 9.17) is 4.42 Å². The molecule has 3 aromatic rings. The Morgan fingerprint density at radius 2 is 1.73 bits per heavy atom. The number of imidazole rings is 1. The Hall–Kier alpha value is -2.16. The molecule has 0 bridgehead atoms. The van der Waals surface area contributed by atoms with E-state index in [1.807, 2.05) is 18.4 Å². The number of nitrogens with zero attached hydrogens (tertiary/aromatic N) is 4. The standard InChI is InChI=1S/C25H38N4O3S/c1-7-28-18-26-13-23(28)17-29(21(6)16-27(14-19(2)3)15-20(4)5)33(30,31)24-8-9-25-22(12-24)10-11-32-25/h8-13,18-21H,7,14-17H2,1-6H3/t21-/m0/s1. The van der Waals surface area contributed by atoms with Gasteiger partial charge in [-0.25, -0.2) is 13.4 Å². The van der Waals surface area contributed by atoms with Crippen LogP contribution in [0.3, 0.4) is 0 Å². The van der Waals surface area contributed by atoms with Crippen molar-refractivity contribution in [2.45, 2.75) is 65.6 Å². The Morgan fingerprint density at radius 3 is 2.36 bits per heavy atom. The van der Waals surface area contributed by atoms with Gasteiger partial charge >= 0.3 is 0 Å². The molecule has 1 aromatic carbocycles. The molecule has 1 atom stereocenters. The fourth-order valence-electron chi connectivity index (χ4n) is 4.36. The van der Waals surface area contributed by atoms with Crippen LogP contribution in [0.15, 0.2) is 52.4 Å². The highest BCUT2D eigenvalue weighted by Crippen LogP contribution is 2.26. The lowest BCUT2D eigenvalue weighted by Gasteiger charge is -2.34. The van der Waals surface area contributed by atoms with Crippen molar-refractivity contribution in [1.29, 1.82) is 0 Å². The van der Waals surface area contributed by atoms with E-state index in [0.29, 0.717) is 24.0 Å². The highest BCUT2D eigenvalue weighted by atomic mass is 32.2. The van der Waals surface area contributed by atoms with Gasteiger partial charge in [-0.05, 0) is 49.9 Å². The molecule has 182 valence electrons. The van der Waals surface area contributed by atoms with Crippen LogP contribution in [0.25, 0.3) is 11.0 Å². The predicted molar refractivity (Wildman–Crippen MR) is 132 cm³/mol. The van der Waals surface area contributed by atoms with Gasteiger partial charge < -0.3 is 13.9 Å². The van der Waals surface area contributed by atoms with E-state index in [-0.39, 0.29) is 17.5 Å². The monoisotopic (exact) mass is 474 g/mol. The maximum Gasteiger partial charge on any atom is 0.243 e. The van der Waals surface area contributed by atoms with Gasteiger partial charge in [0, 0.05) is 43.8 Å². The lowest BCUT2D eigenvalue weighted by molar-refractivity contribution is 0.171. The topological polar surface area (TPSA) is 71.6 Å². The fraction of sp³-hybridized carbons (Fsp3) is 0.560. The summed E-state index contributed by atoms with van der Waals surface area (Å²) in [6.07, 6.45) is 5.10. The van der Waals surface area contributed by atoms with Crippen molar-refractivity contribution >= 4 is 21.0 Å². The van der Waals surface area contributed by atoms with Gasteiger partial charge in [0.15, 0.2) is 0 Å². The third kappa shape index (κ3) is 6.25. The summed E-state index contributed by atoms with van der Waals surface area (Å²) < 4.78 is 36.9.